The second kappa shape index (κ2) is 7.08. The van der Waals surface area contributed by atoms with Crippen LogP contribution in [-0.2, 0) is 22.4 Å². The molecule has 0 saturated carbocycles. The van der Waals surface area contributed by atoms with Crippen molar-refractivity contribution in [3.05, 3.63) is 17.5 Å². The van der Waals surface area contributed by atoms with Crippen LogP contribution in [0, 0.1) is 5.92 Å². The van der Waals surface area contributed by atoms with E-state index < -0.39 is 0 Å². The van der Waals surface area contributed by atoms with Crippen LogP contribution < -0.4 is 5.32 Å². The monoisotopic (exact) mass is 309 g/mol. The molecule has 3 rings (SSSR count). The highest BCUT2D eigenvalue weighted by atomic mass is 16.5. The van der Waals surface area contributed by atoms with Crippen LogP contribution in [0.3, 0.4) is 0 Å². The summed E-state index contributed by atoms with van der Waals surface area (Å²) in [5, 5.41) is 7.88. The lowest BCUT2D eigenvalue weighted by molar-refractivity contribution is -0.0755. The number of rotatable bonds is 7. The summed E-state index contributed by atoms with van der Waals surface area (Å²) in [6.45, 7) is 11.3. The van der Waals surface area contributed by atoms with Crippen molar-refractivity contribution >= 4 is 0 Å². The molecule has 1 N–H and O–H groups in total. The number of ether oxygens (including phenoxy) is 2. The van der Waals surface area contributed by atoms with E-state index in [0.29, 0.717) is 5.92 Å². The van der Waals surface area contributed by atoms with E-state index in [4.69, 9.17) is 14.0 Å². The molecule has 2 aliphatic rings. The molecule has 3 heterocycles. The molecule has 2 saturated heterocycles. The van der Waals surface area contributed by atoms with Crippen molar-refractivity contribution < 1.29 is 14.0 Å². The van der Waals surface area contributed by atoms with Crippen LogP contribution in [0.5, 0.6) is 0 Å². The molecule has 0 aromatic carbocycles. The molecule has 1 aromatic rings. The molecule has 0 radical (unpaired) electrons. The van der Waals surface area contributed by atoms with E-state index in [1.165, 1.54) is 0 Å². The van der Waals surface area contributed by atoms with Crippen molar-refractivity contribution in [2.45, 2.75) is 32.4 Å². The van der Waals surface area contributed by atoms with Crippen molar-refractivity contribution in [3.63, 3.8) is 0 Å². The Labute approximate surface area is 132 Å². The van der Waals surface area contributed by atoms with Gasteiger partial charge >= 0.3 is 0 Å². The number of hydrogen-bond donors (Lipinski definition) is 1. The Bertz CT molecular complexity index is 465. The van der Waals surface area contributed by atoms with Crippen LogP contribution in [0.2, 0.25) is 0 Å². The summed E-state index contributed by atoms with van der Waals surface area (Å²) in [5.41, 5.74) is 1.06. The minimum absolute atomic E-state index is 0.0391. The van der Waals surface area contributed by atoms with Gasteiger partial charge in [-0.15, -0.1) is 0 Å². The zero-order chi connectivity index (χ0) is 15.4. The molecular weight excluding hydrogens is 282 g/mol. The molecule has 1 aromatic heterocycles. The van der Waals surface area contributed by atoms with Crippen LogP contribution in [0.15, 0.2) is 10.6 Å². The minimum Gasteiger partial charge on any atom is -0.379 e. The van der Waals surface area contributed by atoms with Gasteiger partial charge in [-0.3, -0.25) is 4.90 Å². The lowest BCUT2D eigenvalue weighted by atomic mass is 9.90. The lowest BCUT2D eigenvalue weighted by Crippen LogP contribution is -2.62. The van der Waals surface area contributed by atoms with Gasteiger partial charge in [-0.1, -0.05) is 19.0 Å². The number of hydrogen-bond acceptors (Lipinski definition) is 6. The Morgan fingerprint density at radius 3 is 2.68 bits per heavy atom. The molecule has 0 spiro atoms. The van der Waals surface area contributed by atoms with Gasteiger partial charge in [-0.25, -0.2) is 0 Å². The quantitative estimate of drug-likeness (QED) is 0.813. The summed E-state index contributed by atoms with van der Waals surface area (Å²) in [6.07, 6.45) is 0.867. The van der Waals surface area contributed by atoms with Crippen LogP contribution in [0.25, 0.3) is 0 Å². The van der Waals surface area contributed by atoms with Crippen molar-refractivity contribution in [1.29, 1.82) is 0 Å². The molecule has 0 bridgehead atoms. The second-order valence-corrected chi connectivity index (χ2v) is 6.90. The Morgan fingerprint density at radius 1 is 1.27 bits per heavy atom. The molecule has 22 heavy (non-hydrogen) atoms. The van der Waals surface area contributed by atoms with Crippen molar-refractivity contribution in [2.24, 2.45) is 5.92 Å². The predicted molar refractivity (Wildman–Crippen MR) is 82.7 cm³/mol. The highest BCUT2D eigenvalue weighted by Gasteiger charge is 2.39. The Balaban J connectivity index is 1.53. The van der Waals surface area contributed by atoms with Gasteiger partial charge < -0.3 is 19.3 Å². The first-order chi connectivity index (χ1) is 10.7. The van der Waals surface area contributed by atoms with Gasteiger partial charge in [0, 0.05) is 25.6 Å². The third-order valence-corrected chi connectivity index (χ3v) is 4.25. The average Bonchev–Trinajstić information content (AvgIpc) is 2.89. The van der Waals surface area contributed by atoms with E-state index in [0.717, 1.165) is 70.5 Å². The topological polar surface area (TPSA) is 59.8 Å². The number of aromatic nitrogens is 1. The third kappa shape index (κ3) is 4.07. The maximum atomic E-state index is 5.51. The maximum absolute atomic E-state index is 5.51. The molecule has 124 valence electrons. The summed E-state index contributed by atoms with van der Waals surface area (Å²) in [7, 11) is 0. The van der Waals surface area contributed by atoms with Crippen LogP contribution in [-0.4, -0.2) is 61.7 Å². The summed E-state index contributed by atoms with van der Waals surface area (Å²) in [4.78, 5) is 2.34. The van der Waals surface area contributed by atoms with Gasteiger partial charge in [0.2, 0.25) is 0 Å². The zero-order valence-electron chi connectivity index (χ0n) is 13.6. The number of nitrogens with one attached hydrogen (secondary N) is 1. The van der Waals surface area contributed by atoms with Gasteiger partial charge in [-0.2, -0.15) is 0 Å². The van der Waals surface area contributed by atoms with E-state index in [2.05, 4.69) is 35.3 Å². The van der Waals surface area contributed by atoms with Gasteiger partial charge in [-0.05, 0) is 12.5 Å². The molecule has 0 amide bonds. The van der Waals surface area contributed by atoms with Crippen molar-refractivity contribution in [1.82, 2.24) is 15.4 Å². The average molecular weight is 309 g/mol. The van der Waals surface area contributed by atoms with Gasteiger partial charge in [0.15, 0.2) is 5.76 Å². The van der Waals surface area contributed by atoms with E-state index in [-0.39, 0.29) is 5.54 Å². The van der Waals surface area contributed by atoms with Crippen molar-refractivity contribution in [2.75, 3.05) is 46.1 Å². The highest BCUT2D eigenvalue weighted by molar-refractivity contribution is 5.12. The molecule has 6 heteroatoms. The van der Waals surface area contributed by atoms with Crippen LogP contribution >= 0.6 is 0 Å². The minimum atomic E-state index is 0.0391. The van der Waals surface area contributed by atoms with Gasteiger partial charge in [0.25, 0.3) is 0 Å². The fourth-order valence-electron chi connectivity index (χ4n) is 2.88. The summed E-state index contributed by atoms with van der Waals surface area (Å²) in [5.74, 6) is 1.57. The van der Waals surface area contributed by atoms with Gasteiger partial charge in [0.1, 0.15) is 0 Å². The van der Waals surface area contributed by atoms with Crippen LogP contribution in [0.1, 0.15) is 25.3 Å². The summed E-state index contributed by atoms with van der Waals surface area (Å²) >= 11 is 0. The maximum Gasteiger partial charge on any atom is 0.150 e. The smallest absolute Gasteiger partial charge is 0.150 e. The molecule has 0 aliphatic carbocycles. The summed E-state index contributed by atoms with van der Waals surface area (Å²) < 4.78 is 16.3. The lowest BCUT2D eigenvalue weighted by Gasteiger charge is -2.42. The number of nitrogens with zero attached hydrogens (tertiary/aromatic N) is 2. The second-order valence-electron chi connectivity index (χ2n) is 6.90. The first-order valence-corrected chi connectivity index (χ1v) is 8.23. The van der Waals surface area contributed by atoms with E-state index in [1.807, 2.05) is 0 Å². The first-order valence-electron chi connectivity index (χ1n) is 8.23. The molecule has 0 unspecified atom stereocenters. The molecule has 6 nitrogen and oxygen atoms in total. The van der Waals surface area contributed by atoms with Crippen molar-refractivity contribution in [3.8, 4) is 0 Å². The Hall–Kier alpha value is -0.950. The largest absolute Gasteiger partial charge is 0.379 e. The van der Waals surface area contributed by atoms with Gasteiger partial charge in [0.05, 0.1) is 44.2 Å². The molecule has 0 atom stereocenters. The van der Waals surface area contributed by atoms with Crippen LogP contribution in [0.4, 0.5) is 0 Å². The fraction of sp³-hybridized carbons (Fsp3) is 0.812. The first kappa shape index (κ1) is 15.9. The zero-order valence-corrected chi connectivity index (χ0v) is 13.6. The molecule has 2 aliphatic heterocycles. The van der Waals surface area contributed by atoms with E-state index in [1.54, 1.807) is 0 Å². The summed E-state index contributed by atoms with van der Waals surface area (Å²) in [6, 6.07) is 2.09. The Morgan fingerprint density at radius 2 is 2.05 bits per heavy atom. The standard InChI is InChI=1S/C16H27N3O3/c1-13(2)9-17-16(11-21-12-16)8-14-7-15(22-18-14)10-19-3-5-20-6-4-19/h7,13,17H,3-6,8-12H2,1-2H3. The molecule has 2 fully saturated rings. The number of morpholine rings is 1. The Kier molecular flexibility index (Phi) is 5.13. The van der Waals surface area contributed by atoms with E-state index >= 15 is 0 Å². The van der Waals surface area contributed by atoms with E-state index in [9.17, 15) is 0 Å². The normalized spacial score (nSPS) is 22.0. The third-order valence-electron chi connectivity index (χ3n) is 4.25. The SMILES string of the molecule is CC(C)CNC1(Cc2cc(CN3CCOCC3)on2)COC1. The predicted octanol–water partition coefficient (Wildman–Crippen LogP) is 1.06. The molecular formula is C16H27N3O3. The fourth-order valence-corrected chi connectivity index (χ4v) is 2.88. The highest BCUT2D eigenvalue weighted by Crippen LogP contribution is 2.23.